The Morgan fingerprint density at radius 3 is 2.69 bits per heavy atom. The summed E-state index contributed by atoms with van der Waals surface area (Å²) in [6, 6.07) is 9.01. The van der Waals surface area contributed by atoms with Gasteiger partial charge in [-0.1, -0.05) is 12.1 Å². The van der Waals surface area contributed by atoms with Gasteiger partial charge in [0.2, 0.25) is 5.82 Å². The molecule has 1 heterocycles. The second-order valence-electron chi connectivity index (χ2n) is 2.47. The molecule has 4 heteroatoms. The van der Waals surface area contributed by atoms with E-state index in [4.69, 9.17) is 10.5 Å². The Labute approximate surface area is 74.3 Å². The van der Waals surface area contributed by atoms with E-state index in [1.165, 1.54) is 4.57 Å². The Bertz CT molecular complexity index is 539. The number of hydrogen-bond acceptors (Lipinski definition) is 3. The Hall–Kier alpha value is -2.33. The Morgan fingerprint density at radius 1 is 1.23 bits per heavy atom. The highest BCUT2D eigenvalue weighted by atomic mass is 15.1. The highest BCUT2D eigenvalue weighted by molar-refractivity contribution is 5.77. The molecule has 0 saturated heterocycles. The molecule has 1 aromatic heterocycles. The third-order valence-corrected chi connectivity index (χ3v) is 1.76. The van der Waals surface area contributed by atoms with E-state index < -0.39 is 0 Å². The molecule has 0 fully saturated rings. The number of hydrogen-bond donors (Lipinski definition) is 0. The molecule has 0 saturated carbocycles. The Balaban J connectivity index is 2.93. The fraction of sp³-hybridized carbons (Fsp3) is 0. The van der Waals surface area contributed by atoms with Gasteiger partial charge in [-0.05, 0) is 12.1 Å². The van der Waals surface area contributed by atoms with Crippen LogP contribution in [-0.2, 0) is 0 Å². The van der Waals surface area contributed by atoms with Crippen molar-refractivity contribution in [3.63, 3.8) is 0 Å². The van der Waals surface area contributed by atoms with Crippen LogP contribution >= 0.6 is 0 Å². The highest BCUT2D eigenvalue weighted by Gasteiger charge is 2.07. The maximum Gasteiger partial charge on any atom is 0.227 e. The molecular formula is C9H4N4. The second kappa shape index (κ2) is 2.62. The van der Waals surface area contributed by atoms with E-state index in [1.54, 1.807) is 18.2 Å². The summed E-state index contributed by atoms with van der Waals surface area (Å²) in [5.41, 5.74) is 1.34. The smallest absolute Gasteiger partial charge is 0.219 e. The second-order valence-corrected chi connectivity index (χ2v) is 2.47. The van der Waals surface area contributed by atoms with Crippen LogP contribution in [0.1, 0.15) is 5.82 Å². The van der Waals surface area contributed by atoms with Gasteiger partial charge in [-0.3, -0.25) is 0 Å². The van der Waals surface area contributed by atoms with Gasteiger partial charge in [0.1, 0.15) is 6.07 Å². The number of imidazole rings is 1. The molecule has 0 amide bonds. The molecule has 2 rings (SSSR count). The first-order valence-electron chi connectivity index (χ1n) is 3.64. The molecule has 60 valence electrons. The summed E-state index contributed by atoms with van der Waals surface area (Å²) in [6.45, 7) is 0. The topological polar surface area (TPSA) is 65.4 Å². The zero-order valence-electron chi connectivity index (χ0n) is 6.60. The van der Waals surface area contributed by atoms with Crippen LogP contribution < -0.4 is 0 Å². The van der Waals surface area contributed by atoms with E-state index in [2.05, 4.69) is 4.98 Å². The Kier molecular flexibility index (Phi) is 1.47. The molecule has 0 bridgehead atoms. The molecule has 0 unspecified atom stereocenters. The molecule has 13 heavy (non-hydrogen) atoms. The van der Waals surface area contributed by atoms with E-state index in [0.29, 0.717) is 11.0 Å². The quantitative estimate of drug-likeness (QED) is 0.594. The molecule has 0 N–H and O–H groups in total. The van der Waals surface area contributed by atoms with Crippen molar-refractivity contribution >= 4 is 11.0 Å². The molecule has 0 atom stereocenters. The number of nitriles is 2. The lowest BCUT2D eigenvalue weighted by molar-refractivity contribution is 1.07. The predicted molar refractivity (Wildman–Crippen MR) is 45.5 cm³/mol. The van der Waals surface area contributed by atoms with Gasteiger partial charge >= 0.3 is 0 Å². The molecule has 2 aromatic rings. The van der Waals surface area contributed by atoms with Crippen molar-refractivity contribution in [1.29, 1.82) is 10.5 Å². The van der Waals surface area contributed by atoms with Crippen LogP contribution in [-0.4, -0.2) is 9.55 Å². The zero-order chi connectivity index (χ0) is 9.26. The van der Waals surface area contributed by atoms with E-state index in [0.717, 1.165) is 0 Å². The van der Waals surface area contributed by atoms with Crippen molar-refractivity contribution in [3.8, 4) is 12.3 Å². The first-order chi connectivity index (χ1) is 6.36. The van der Waals surface area contributed by atoms with Gasteiger partial charge in [-0.25, -0.2) is 9.55 Å². The van der Waals surface area contributed by atoms with E-state index >= 15 is 0 Å². The van der Waals surface area contributed by atoms with Gasteiger partial charge in [-0.15, -0.1) is 0 Å². The van der Waals surface area contributed by atoms with Crippen LogP contribution in [0, 0.1) is 22.8 Å². The van der Waals surface area contributed by atoms with Gasteiger partial charge in [0, 0.05) is 0 Å². The number of nitrogens with zero attached hydrogens (tertiary/aromatic N) is 4. The Morgan fingerprint density at radius 2 is 2.00 bits per heavy atom. The molecule has 0 spiro atoms. The molecule has 0 aliphatic carbocycles. The number of rotatable bonds is 0. The number of para-hydroxylation sites is 2. The molecule has 0 radical (unpaired) electrons. The maximum atomic E-state index is 8.76. The number of fused-ring (bicyclic) bond motifs is 1. The summed E-state index contributed by atoms with van der Waals surface area (Å²) in [5, 5.41) is 17.4. The van der Waals surface area contributed by atoms with Gasteiger partial charge in [0.15, 0.2) is 6.19 Å². The lowest BCUT2D eigenvalue weighted by atomic mass is 10.3. The minimum Gasteiger partial charge on any atom is -0.219 e. The molecule has 4 nitrogen and oxygen atoms in total. The average molecular weight is 168 g/mol. The first kappa shape index (κ1) is 7.33. The van der Waals surface area contributed by atoms with Crippen molar-refractivity contribution in [2.45, 2.75) is 0 Å². The monoisotopic (exact) mass is 168 g/mol. The first-order valence-corrected chi connectivity index (χ1v) is 3.64. The normalized spacial score (nSPS) is 9.38. The van der Waals surface area contributed by atoms with E-state index in [-0.39, 0.29) is 5.82 Å². The van der Waals surface area contributed by atoms with Crippen LogP contribution in [0.4, 0.5) is 0 Å². The highest BCUT2D eigenvalue weighted by Crippen LogP contribution is 2.13. The summed E-state index contributed by atoms with van der Waals surface area (Å²) < 4.78 is 1.22. The predicted octanol–water partition coefficient (Wildman–Crippen LogP) is 1.24. The van der Waals surface area contributed by atoms with Crippen molar-refractivity contribution < 1.29 is 0 Å². The SMILES string of the molecule is N#Cc1nc2ccccc2n1C#N. The third-order valence-electron chi connectivity index (χ3n) is 1.76. The number of benzene rings is 1. The van der Waals surface area contributed by atoms with E-state index in [1.807, 2.05) is 18.3 Å². The standard InChI is InChI=1S/C9H4N4/c10-5-9-12-7-3-1-2-4-8(7)13(9)6-11/h1-4H. The van der Waals surface area contributed by atoms with Crippen molar-refractivity contribution in [2.24, 2.45) is 0 Å². The fourth-order valence-electron chi connectivity index (χ4n) is 1.20. The van der Waals surface area contributed by atoms with Gasteiger partial charge in [-0.2, -0.15) is 10.5 Å². The summed E-state index contributed by atoms with van der Waals surface area (Å²) in [5.74, 6) is 0.128. The lowest BCUT2D eigenvalue weighted by Crippen LogP contribution is -1.91. The van der Waals surface area contributed by atoms with Crippen LogP contribution in [0.25, 0.3) is 11.0 Å². The van der Waals surface area contributed by atoms with Gasteiger partial charge in [0.25, 0.3) is 0 Å². The lowest BCUT2D eigenvalue weighted by Gasteiger charge is -1.88. The van der Waals surface area contributed by atoms with Crippen molar-refractivity contribution in [1.82, 2.24) is 9.55 Å². The average Bonchev–Trinajstić information content (AvgIpc) is 2.55. The number of aromatic nitrogens is 2. The summed E-state index contributed by atoms with van der Waals surface area (Å²) in [7, 11) is 0. The van der Waals surface area contributed by atoms with Crippen LogP contribution in [0.2, 0.25) is 0 Å². The summed E-state index contributed by atoms with van der Waals surface area (Å²) >= 11 is 0. The van der Waals surface area contributed by atoms with Crippen LogP contribution in [0.5, 0.6) is 0 Å². The molecule has 1 aromatic carbocycles. The minimum atomic E-state index is 0.128. The molecular weight excluding hydrogens is 164 g/mol. The summed E-state index contributed by atoms with van der Waals surface area (Å²) in [4.78, 5) is 3.98. The maximum absolute atomic E-state index is 8.76. The minimum absolute atomic E-state index is 0.128. The third kappa shape index (κ3) is 0.935. The van der Waals surface area contributed by atoms with Gasteiger partial charge in [0.05, 0.1) is 11.0 Å². The molecule has 0 aliphatic rings. The fourth-order valence-corrected chi connectivity index (χ4v) is 1.20. The van der Waals surface area contributed by atoms with Crippen LogP contribution in [0.15, 0.2) is 24.3 Å². The van der Waals surface area contributed by atoms with Gasteiger partial charge < -0.3 is 0 Å². The van der Waals surface area contributed by atoms with E-state index in [9.17, 15) is 0 Å². The van der Waals surface area contributed by atoms with Crippen molar-refractivity contribution in [2.75, 3.05) is 0 Å². The van der Waals surface area contributed by atoms with Crippen LogP contribution in [0.3, 0.4) is 0 Å². The zero-order valence-corrected chi connectivity index (χ0v) is 6.60. The summed E-state index contributed by atoms with van der Waals surface area (Å²) in [6.07, 6.45) is 1.90. The van der Waals surface area contributed by atoms with Crippen molar-refractivity contribution in [3.05, 3.63) is 30.1 Å². The largest absolute Gasteiger partial charge is 0.227 e. The molecule has 0 aliphatic heterocycles.